The largest absolute Gasteiger partial charge is 0.416 e. The minimum Gasteiger partial charge on any atom is -0.322 e. The van der Waals surface area contributed by atoms with Gasteiger partial charge in [-0.25, -0.2) is 0 Å². The fourth-order valence-electron chi connectivity index (χ4n) is 4.35. The average molecular weight is 515 g/mol. The van der Waals surface area contributed by atoms with E-state index in [0.29, 0.717) is 18.5 Å². The number of thiophene rings is 1. The van der Waals surface area contributed by atoms with E-state index in [0.717, 1.165) is 53.4 Å². The monoisotopic (exact) mass is 514 g/mol. The third-order valence-electron chi connectivity index (χ3n) is 6.32. The van der Waals surface area contributed by atoms with Crippen LogP contribution in [0.15, 0.2) is 71.1 Å². The van der Waals surface area contributed by atoms with E-state index in [-0.39, 0.29) is 17.6 Å². The van der Waals surface area contributed by atoms with Crippen molar-refractivity contribution in [3.63, 3.8) is 0 Å². The smallest absolute Gasteiger partial charge is 0.322 e. The number of nitrogens with zero attached hydrogens (tertiary/aromatic N) is 3. The Kier molecular flexibility index (Phi) is 7.80. The number of amides is 1. The number of aliphatic imine (C=N–C) groups is 1. The number of alkyl halides is 3. The molecule has 0 fully saturated rings. The fraction of sp³-hybridized carbons (Fsp3) is 0.333. The number of rotatable bonds is 7. The van der Waals surface area contributed by atoms with Gasteiger partial charge in [0.1, 0.15) is 0 Å². The van der Waals surface area contributed by atoms with Crippen molar-refractivity contribution in [2.75, 3.05) is 11.9 Å². The van der Waals surface area contributed by atoms with E-state index in [1.54, 1.807) is 12.4 Å². The van der Waals surface area contributed by atoms with Gasteiger partial charge in [-0.1, -0.05) is 32.1 Å². The molecule has 1 N–H and O–H groups in total. The minimum atomic E-state index is -4.46. The predicted octanol–water partition coefficient (Wildman–Crippen LogP) is 6.82. The summed E-state index contributed by atoms with van der Waals surface area (Å²) in [5, 5.41) is 4.45. The molecule has 9 heteroatoms. The molecule has 190 valence electrons. The summed E-state index contributed by atoms with van der Waals surface area (Å²) in [6.07, 6.45) is 5.86. The third kappa shape index (κ3) is 5.79. The number of benzene rings is 1. The molecule has 5 nitrogen and oxygen atoms in total. The van der Waals surface area contributed by atoms with Gasteiger partial charge >= 0.3 is 6.18 Å². The van der Waals surface area contributed by atoms with Crippen molar-refractivity contribution in [1.82, 2.24) is 9.80 Å². The summed E-state index contributed by atoms with van der Waals surface area (Å²) in [6.45, 7) is 9.80. The molecule has 0 saturated carbocycles. The van der Waals surface area contributed by atoms with Crippen molar-refractivity contribution >= 4 is 29.1 Å². The van der Waals surface area contributed by atoms with Crippen molar-refractivity contribution in [3.8, 4) is 0 Å². The molecule has 0 radical (unpaired) electrons. The molecule has 2 aromatic rings. The van der Waals surface area contributed by atoms with Gasteiger partial charge in [0.25, 0.3) is 5.91 Å². The van der Waals surface area contributed by atoms with Gasteiger partial charge in [0, 0.05) is 53.2 Å². The van der Waals surface area contributed by atoms with Crippen molar-refractivity contribution in [1.29, 1.82) is 0 Å². The molecule has 3 heterocycles. The molecular weight excluding hydrogens is 485 g/mol. The zero-order valence-corrected chi connectivity index (χ0v) is 21.1. The van der Waals surface area contributed by atoms with Crippen LogP contribution in [-0.2, 0) is 19.1 Å². The van der Waals surface area contributed by atoms with Crippen LogP contribution in [0, 0.1) is 0 Å². The number of anilines is 1. The van der Waals surface area contributed by atoms with Crippen LogP contribution in [0.4, 0.5) is 18.9 Å². The zero-order valence-electron chi connectivity index (χ0n) is 20.3. The SMILES string of the molecule is C=C1C=NC=CN1/C(=C\CCC)CN1Cc2scc(C(=O)Nc3cccc(C(F)(F)F)c3)c2CC1C. The average Bonchev–Trinajstić information content (AvgIpc) is 3.24. The lowest BCUT2D eigenvalue weighted by Gasteiger charge is -2.36. The summed E-state index contributed by atoms with van der Waals surface area (Å²) in [6, 6.07) is 4.88. The molecule has 1 atom stereocenters. The van der Waals surface area contributed by atoms with Gasteiger partial charge in [-0.15, -0.1) is 11.3 Å². The van der Waals surface area contributed by atoms with Crippen LogP contribution in [-0.4, -0.2) is 34.5 Å². The molecule has 1 amide bonds. The van der Waals surface area contributed by atoms with Crippen LogP contribution in [0.25, 0.3) is 0 Å². The normalized spacial score (nSPS) is 18.5. The number of halogens is 3. The lowest BCUT2D eigenvalue weighted by Crippen LogP contribution is -2.41. The number of fused-ring (bicyclic) bond motifs is 1. The molecule has 2 aliphatic rings. The lowest BCUT2D eigenvalue weighted by molar-refractivity contribution is -0.137. The van der Waals surface area contributed by atoms with E-state index < -0.39 is 11.7 Å². The highest BCUT2D eigenvalue weighted by Crippen LogP contribution is 2.34. The predicted molar refractivity (Wildman–Crippen MR) is 139 cm³/mol. The molecule has 0 spiro atoms. The molecule has 1 aromatic carbocycles. The van der Waals surface area contributed by atoms with Crippen molar-refractivity contribution in [2.45, 2.75) is 51.9 Å². The first-order chi connectivity index (χ1) is 17.2. The standard InChI is InChI=1S/C27H29F3N4OS/c1-4-5-9-22(34-11-10-31-14-19(34)3)15-33-16-25-23(12-18(33)2)24(17-36-25)26(35)32-21-8-6-7-20(13-21)27(28,29)30/h6-11,13-14,17-18H,3-5,12,15-16H2,1-2H3,(H,32,35)/b22-9-. The first-order valence-electron chi connectivity index (χ1n) is 11.9. The van der Waals surface area contributed by atoms with E-state index in [1.165, 1.54) is 23.5 Å². The molecule has 2 aliphatic heterocycles. The summed E-state index contributed by atoms with van der Waals surface area (Å²) in [4.78, 5) is 22.7. The third-order valence-corrected chi connectivity index (χ3v) is 7.33. The van der Waals surface area contributed by atoms with Gasteiger partial charge < -0.3 is 10.2 Å². The van der Waals surface area contributed by atoms with Crippen LogP contribution >= 0.6 is 11.3 Å². The minimum absolute atomic E-state index is 0.129. The number of carbonyl (C=O) groups is 1. The van der Waals surface area contributed by atoms with Gasteiger partial charge in [0.05, 0.1) is 23.0 Å². The Labute approximate surface area is 213 Å². The van der Waals surface area contributed by atoms with Gasteiger partial charge in [0.15, 0.2) is 0 Å². The number of hydrogen-bond donors (Lipinski definition) is 1. The van der Waals surface area contributed by atoms with E-state index in [1.807, 2.05) is 11.6 Å². The maximum absolute atomic E-state index is 13.0. The highest BCUT2D eigenvalue weighted by atomic mass is 32.1. The van der Waals surface area contributed by atoms with Gasteiger partial charge in [-0.05, 0) is 43.5 Å². The Balaban J connectivity index is 1.49. The highest BCUT2D eigenvalue weighted by molar-refractivity contribution is 7.10. The number of allylic oxidation sites excluding steroid dienone is 2. The van der Waals surface area contributed by atoms with Crippen LogP contribution in [0.2, 0.25) is 0 Å². The number of unbranched alkanes of at least 4 members (excludes halogenated alkanes) is 1. The summed E-state index contributed by atoms with van der Waals surface area (Å²) in [5.74, 6) is -0.384. The van der Waals surface area contributed by atoms with Crippen molar-refractivity contribution in [3.05, 3.63) is 87.7 Å². The molecule has 1 aromatic heterocycles. The van der Waals surface area contributed by atoms with Crippen LogP contribution in [0.3, 0.4) is 0 Å². The molecule has 4 rings (SSSR count). The Hall–Kier alpha value is -3.17. The Morgan fingerprint density at radius 1 is 1.36 bits per heavy atom. The molecular formula is C27H29F3N4OS. The maximum Gasteiger partial charge on any atom is 0.416 e. The van der Waals surface area contributed by atoms with Crippen LogP contribution in [0.1, 0.15) is 53.1 Å². The second-order valence-electron chi connectivity index (χ2n) is 8.96. The Bertz CT molecular complexity index is 1230. The fourth-order valence-corrected chi connectivity index (χ4v) is 5.43. The summed E-state index contributed by atoms with van der Waals surface area (Å²) < 4.78 is 39.1. The van der Waals surface area contributed by atoms with Gasteiger partial charge in [-0.3, -0.25) is 14.7 Å². The highest BCUT2D eigenvalue weighted by Gasteiger charge is 2.32. The summed E-state index contributed by atoms with van der Waals surface area (Å²) >= 11 is 1.52. The quantitative estimate of drug-likeness (QED) is 0.441. The number of hydrogen-bond acceptors (Lipinski definition) is 5. The van der Waals surface area contributed by atoms with Crippen LogP contribution < -0.4 is 5.32 Å². The number of nitrogens with one attached hydrogen (secondary N) is 1. The number of carbonyl (C=O) groups excluding carboxylic acids is 1. The molecule has 0 bridgehead atoms. The topological polar surface area (TPSA) is 47.9 Å². The molecule has 0 aliphatic carbocycles. The first-order valence-corrected chi connectivity index (χ1v) is 12.7. The first kappa shape index (κ1) is 25.9. The molecule has 36 heavy (non-hydrogen) atoms. The van der Waals surface area contributed by atoms with Crippen LogP contribution in [0.5, 0.6) is 0 Å². The van der Waals surface area contributed by atoms with Gasteiger partial charge in [-0.2, -0.15) is 13.2 Å². The van der Waals surface area contributed by atoms with Crippen molar-refractivity contribution in [2.24, 2.45) is 4.99 Å². The van der Waals surface area contributed by atoms with E-state index in [4.69, 9.17) is 0 Å². The van der Waals surface area contributed by atoms with E-state index in [9.17, 15) is 18.0 Å². The Morgan fingerprint density at radius 2 is 2.17 bits per heavy atom. The summed E-state index contributed by atoms with van der Waals surface area (Å²) in [7, 11) is 0. The zero-order chi connectivity index (χ0) is 25.9. The van der Waals surface area contributed by atoms with E-state index in [2.05, 4.69) is 46.6 Å². The van der Waals surface area contributed by atoms with E-state index >= 15 is 0 Å². The Morgan fingerprint density at radius 3 is 2.89 bits per heavy atom. The lowest BCUT2D eigenvalue weighted by atomic mass is 9.97. The molecule has 1 unspecified atom stereocenters. The molecule has 0 saturated heterocycles. The van der Waals surface area contributed by atoms with Crippen molar-refractivity contribution < 1.29 is 18.0 Å². The second kappa shape index (κ2) is 10.8. The summed E-state index contributed by atoms with van der Waals surface area (Å²) in [5.41, 5.74) is 2.80. The maximum atomic E-state index is 13.0. The van der Waals surface area contributed by atoms with Gasteiger partial charge in [0.2, 0.25) is 0 Å². The second-order valence-corrected chi connectivity index (χ2v) is 9.93.